The van der Waals surface area contributed by atoms with Crippen molar-refractivity contribution in [3.63, 3.8) is 0 Å². The third-order valence-electron chi connectivity index (χ3n) is 1.59. The molecule has 0 saturated carbocycles. The Balaban J connectivity index is 2.75. The molecule has 1 N–H and O–H groups in total. The molecule has 1 aromatic carbocycles. The minimum Gasteiger partial charge on any atom is -0.508 e. The molecule has 1 rings (SSSR count). The molecule has 0 bridgehead atoms. The van der Waals surface area contributed by atoms with Crippen LogP contribution in [0.3, 0.4) is 0 Å². The van der Waals surface area contributed by atoms with Crippen LogP contribution >= 0.6 is 0 Å². The molecule has 0 unspecified atom stereocenters. The number of esters is 1. The lowest BCUT2D eigenvalue weighted by Crippen LogP contribution is -2.07. The molecule has 0 atom stereocenters. The minimum atomic E-state index is -0.660. The predicted molar refractivity (Wildman–Crippen MR) is 48.6 cm³/mol. The molecule has 4 heteroatoms. The van der Waals surface area contributed by atoms with Gasteiger partial charge < -0.3 is 9.84 Å². The summed E-state index contributed by atoms with van der Waals surface area (Å²) in [5, 5.41) is 9.02. The van der Waals surface area contributed by atoms with E-state index < -0.39 is 11.8 Å². The molecule has 0 aliphatic heterocycles. The molecule has 0 fully saturated rings. The molecule has 0 amide bonds. The number of phenols is 1. The van der Waals surface area contributed by atoms with Crippen LogP contribution in [0.4, 0.5) is 4.39 Å². The Morgan fingerprint density at radius 1 is 1.57 bits per heavy atom. The van der Waals surface area contributed by atoms with E-state index in [9.17, 15) is 9.18 Å². The molecule has 0 radical (unpaired) electrons. The van der Waals surface area contributed by atoms with Gasteiger partial charge in [0.2, 0.25) is 0 Å². The van der Waals surface area contributed by atoms with E-state index in [2.05, 4.69) is 0 Å². The highest BCUT2D eigenvalue weighted by Gasteiger charge is 2.09. The predicted octanol–water partition coefficient (Wildman–Crippen LogP) is 2.24. The first-order valence-electron chi connectivity index (χ1n) is 4.32. The fourth-order valence-electron chi connectivity index (χ4n) is 0.948. The maximum atomic E-state index is 13.0. The van der Waals surface area contributed by atoms with E-state index in [-0.39, 0.29) is 17.9 Å². The van der Waals surface area contributed by atoms with Crippen molar-refractivity contribution in [2.75, 3.05) is 0 Å². The highest BCUT2D eigenvalue weighted by Crippen LogP contribution is 2.22. The number of hydrogen-bond acceptors (Lipinski definition) is 3. The summed E-state index contributed by atoms with van der Waals surface area (Å²) in [5.74, 6) is -1.53. The van der Waals surface area contributed by atoms with Gasteiger partial charge in [-0.2, -0.15) is 0 Å². The van der Waals surface area contributed by atoms with Crippen LogP contribution in [0.2, 0.25) is 0 Å². The van der Waals surface area contributed by atoms with E-state index in [0.29, 0.717) is 6.42 Å². The van der Waals surface area contributed by atoms with E-state index in [0.717, 1.165) is 12.1 Å². The maximum absolute atomic E-state index is 13.0. The summed E-state index contributed by atoms with van der Waals surface area (Å²) in [6.45, 7) is 1.82. The summed E-state index contributed by atoms with van der Waals surface area (Å²) in [6.07, 6.45) is 0.869. The van der Waals surface area contributed by atoms with Crippen LogP contribution in [0.15, 0.2) is 18.2 Å². The lowest BCUT2D eigenvalue weighted by Gasteiger charge is -2.04. The summed E-state index contributed by atoms with van der Waals surface area (Å²) < 4.78 is 17.7. The van der Waals surface area contributed by atoms with Gasteiger partial charge in [0.15, 0.2) is 11.6 Å². The van der Waals surface area contributed by atoms with Gasteiger partial charge in [-0.25, -0.2) is 4.39 Å². The van der Waals surface area contributed by atoms with Gasteiger partial charge in [0, 0.05) is 12.5 Å². The van der Waals surface area contributed by atoms with E-state index in [1.54, 1.807) is 0 Å². The van der Waals surface area contributed by atoms with Crippen LogP contribution in [-0.4, -0.2) is 11.1 Å². The first-order valence-corrected chi connectivity index (χ1v) is 4.32. The van der Waals surface area contributed by atoms with Crippen LogP contribution < -0.4 is 4.74 Å². The average molecular weight is 198 g/mol. The van der Waals surface area contributed by atoms with Crippen molar-refractivity contribution in [1.82, 2.24) is 0 Å². The maximum Gasteiger partial charge on any atom is 0.311 e. The molecule has 0 aromatic heterocycles. The topological polar surface area (TPSA) is 46.5 Å². The molecule has 76 valence electrons. The number of carbonyl (C=O) groups is 1. The average Bonchev–Trinajstić information content (AvgIpc) is 2.12. The van der Waals surface area contributed by atoms with Crippen LogP contribution in [0.5, 0.6) is 11.5 Å². The van der Waals surface area contributed by atoms with Crippen molar-refractivity contribution in [3.05, 3.63) is 24.0 Å². The molecule has 0 saturated heterocycles. The summed E-state index contributed by atoms with van der Waals surface area (Å²) in [6, 6.07) is 3.30. The Labute approximate surface area is 81.1 Å². The van der Waals surface area contributed by atoms with Crippen LogP contribution in [0.25, 0.3) is 0 Å². The summed E-state index contributed by atoms with van der Waals surface area (Å²) in [5.41, 5.74) is 0. The second kappa shape index (κ2) is 4.60. The Morgan fingerprint density at radius 2 is 2.29 bits per heavy atom. The van der Waals surface area contributed by atoms with Gasteiger partial charge in [0.25, 0.3) is 0 Å². The molecular formula is C10H11FO3. The zero-order valence-corrected chi connectivity index (χ0v) is 7.79. The highest BCUT2D eigenvalue weighted by atomic mass is 19.1. The summed E-state index contributed by atoms with van der Waals surface area (Å²) in [4.78, 5) is 11.0. The molecule has 0 aliphatic carbocycles. The van der Waals surface area contributed by atoms with Crippen molar-refractivity contribution in [3.8, 4) is 11.5 Å². The molecule has 3 nitrogen and oxygen atoms in total. The van der Waals surface area contributed by atoms with Gasteiger partial charge in [-0.3, -0.25) is 4.79 Å². The zero-order valence-electron chi connectivity index (χ0n) is 7.79. The SMILES string of the molecule is CCCC(=O)Oc1cc(O)ccc1F. The van der Waals surface area contributed by atoms with Gasteiger partial charge in [-0.05, 0) is 18.6 Å². The largest absolute Gasteiger partial charge is 0.508 e. The van der Waals surface area contributed by atoms with E-state index in [4.69, 9.17) is 9.84 Å². The number of halogens is 1. The normalized spacial score (nSPS) is 9.86. The highest BCUT2D eigenvalue weighted by molar-refractivity contribution is 5.72. The van der Waals surface area contributed by atoms with E-state index in [1.807, 2.05) is 6.92 Å². The second-order valence-electron chi connectivity index (χ2n) is 2.84. The third-order valence-corrected chi connectivity index (χ3v) is 1.59. The Hall–Kier alpha value is -1.58. The van der Waals surface area contributed by atoms with Crippen molar-refractivity contribution >= 4 is 5.97 Å². The number of carbonyl (C=O) groups excluding carboxylic acids is 1. The van der Waals surface area contributed by atoms with Gasteiger partial charge in [0.05, 0.1) is 0 Å². The number of ether oxygens (including phenoxy) is 1. The Morgan fingerprint density at radius 3 is 2.93 bits per heavy atom. The molecule has 0 heterocycles. The number of rotatable bonds is 3. The first-order chi connectivity index (χ1) is 6.63. The summed E-state index contributed by atoms with van der Waals surface area (Å²) in [7, 11) is 0. The van der Waals surface area contributed by atoms with Gasteiger partial charge >= 0.3 is 5.97 Å². The van der Waals surface area contributed by atoms with Crippen molar-refractivity contribution in [2.24, 2.45) is 0 Å². The molecular weight excluding hydrogens is 187 g/mol. The monoisotopic (exact) mass is 198 g/mol. The van der Waals surface area contributed by atoms with Crippen LogP contribution in [0, 0.1) is 5.82 Å². The first kappa shape index (κ1) is 10.5. The fraction of sp³-hybridized carbons (Fsp3) is 0.300. The van der Waals surface area contributed by atoms with Crippen molar-refractivity contribution in [1.29, 1.82) is 0 Å². The Kier molecular flexibility index (Phi) is 3.45. The molecule has 0 aliphatic rings. The molecule has 1 aromatic rings. The standard InChI is InChI=1S/C10H11FO3/c1-2-3-10(13)14-9-6-7(12)4-5-8(9)11/h4-6,12H,2-3H2,1H3. The quantitative estimate of drug-likeness (QED) is 0.598. The minimum absolute atomic E-state index is 0.134. The lowest BCUT2D eigenvalue weighted by atomic mass is 10.3. The van der Waals surface area contributed by atoms with Crippen molar-refractivity contribution in [2.45, 2.75) is 19.8 Å². The number of benzene rings is 1. The fourth-order valence-corrected chi connectivity index (χ4v) is 0.948. The van der Waals surface area contributed by atoms with Gasteiger partial charge in [0.1, 0.15) is 5.75 Å². The number of hydrogen-bond donors (Lipinski definition) is 1. The molecule has 14 heavy (non-hydrogen) atoms. The number of phenolic OH excluding ortho intramolecular Hbond substituents is 1. The summed E-state index contributed by atoms with van der Waals surface area (Å²) >= 11 is 0. The van der Waals surface area contributed by atoms with Crippen LogP contribution in [-0.2, 0) is 4.79 Å². The number of aromatic hydroxyl groups is 1. The lowest BCUT2D eigenvalue weighted by molar-refractivity contribution is -0.134. The third kappa shape index (κ3) is 2.73. The Bertz CT molecular complexity index is 336. The van der Waals surface area contributed by atoms with Gasteiger partial charge in [-0.15, -0.1) is 0 Å². The second-order valence-corrected chi connectivity index (χ2v) is 2.84. The van der Waals surface area contributed by atoms with E-state index in [1.165, 1.54) is 6.07 Å². The van der Waals surface area contributed by atoms with Crippen molar-refractivity contribution < 1.29 is 19.0 Å². The zero-order chi connectivity index (χ0) is 10.6. The van der Waals surface area contributed by atoms with E-state index >= 15 is 0 Å². The van der Waals surface area contributed by atoms with Crippen LogP contribution in [0.1, 0.15) is 19.8 Å². The van der Waals surface area contributed by atoms with Gasteiger partial charge in [-0.1, -0.05) is 6.92 Å². The smallest absolute Gasteiger partial charge is 0.311 e. The molecule has 0 spiro atoms.